The summed E-state index contributed by atoms with van der Waals surface area (Å²) in [5.74, 6) is 42.2. The molecule has 0 heterocycles. The van der Waals surface area contributed by atoms with Gasteiger partial charge in [-0.25, -0.2) is 0 Å². The Morgan fingerprint density at radius 2 is 0.596 bits per heavy atom. The van der Waals surface area contributed by atoms with Gasteiger partial charge in [0.1, 0.15) is 0 Å². The molecule has 0 radical (unpaired) electrons. The number of nitrogens with zero attached hydrogens (tertiary/aromatic N) is 6. The summed E-state index contributed by atoms with van der Waals surface area (Å²) in [6.45, 7) is 25.5. The van der Waals surface area contributed by atoms with Gasteiger partial charge in [0.2, 0.25) is 0 Å². The summed E-state index contributed by atoms with van der Waals surface area (Å²) in [5.41, 5.74) is 0. The second-order valence-electron chi connectivity index (χ2n) is 39.3. The van der Waals surface area contributed by atoms with Gasteiger partial charge in [-0.3, -0.25) is 30.0 Å². The van der Waals surface area contributed by atoms with Crippen LogP contribution in [0.25, 0.3) is 0 Å². The van der Waals surface area contributed by atoms with Crippen molar-refractivity contribution in [3.63, 3.8) is 0 Å². The van der Waals surface area contributed by atoms with Crippen LogP contribution in [-0.4, -0.2) is 75.0 Å². The monoisotopic (exact) mass is 1330 g/mol. The predicted octanol–water partition coefficient (Wildman–Crippen LogP) is 20.0. The topological polar surface area (TPSA) is 74.2 Å². The largest absolute Gasteiger partial charge is 0.298 e. The van der Waals surface area contributed by atoms with Crippen molar-refractivity contribution in [2.45, 2.75) is 190 Å². The molecule has 18 fully saturated rings. The highest BCUT2D eigenvalue weighted by molar-refractivity contribution is 5.55. The van der Waals surface area contributed by atoms with Gasteiger partial charge < -0.3 is 0 Å². The van der Waals surface area contributed by atoms with Crippen molar-refractivity contribution in [2.75, 3.05) is 19.6 Å². The number of hydrogen-bond donors (Lipinski definition) is 0. The van der Waals surface area contributed by atoms with Gasteiger partial charge in [0, 0.05) is 19.6 Å². The second kappa shape index (κ2) is 26.2. The molecule has 24 bridgehead atoms. The zero-order chi connectivity index (χ0) is 67.0. The summed E-state index contributed by atoms with van der Waals surface area (Å²) >= 11 is 0. The Morgan fingerprint density at radius 1 is 0.263 bits per heavy atom. The van der Waals surface area contributed by atoms with Gasteiger partial charge in [-0.15, -0.1) is 0 Å². The van der Waals surface area contributed by atoms with Crippen molar-refractivity contribution in [1.82, 2.24) is 0 Å². The Balaban J connectivity index is 0.0000000830. The summed E-state index contributed by atoms with van der Waals surface area (Å²) in [6.07, 6.45) is 66.1. The van der Waals surface area contributed by atoms with E-state index < -0.39 is 0 Å². The van der Waals surface area contributed by atoms with Gasteiger partial charge in [0.05, 0.1) is 18.1 Å². The minimum Gasteiger partial charge on any atom is -0.298 e. The lowest BCUT2D eigenvalue weighted by Crippen LogP contribution is -2.39. The molecule has 24 aliphatic carbocycles. The van der Waals surface area contributed by atoms with Gasteiger partial charge in [0.25, 0.3) is 0 Å². The average Bonchev–Trinajstić information content (AvgIpc) is 1.42. The van der Waals surface area contributed by atoms with E-state index in [2.05, 4.69) is 163 Å². The minimum absolute atomic E-state index is 0.656. The Labute approximate surface area is 600 Å². The summed E-state index contributed by atoms with van der Waals surface area (Å²) in [5, 5.41) is 0. The molecule has 0 aromatic carbocycles. The molecule has 534 valence electrons. The van der Waals surface area contributed by atoms with Gasteiger partial charge in [-0.05, 0) is 423 Å². The van der Waals surface area contributed by atoms with Gasteiger partial charge in [-0.2, -0.15) is 0 Å². The van der Waals surface area contributed by atoms with Crippen molar-refractivity contribution in [1.29, 1.82) is 0 Å². The van der Waals surface area contributed by atoms with E-state index in [-0.39, 0.29) is 0 Å². The van der Waals surface area contributed by atoms with Crippen LogP contribution in [0.4, 0.5) is 0 Å². The van der Waals surface area contributed by atoms with Crippen LogP contribution in [0.2, 0.25) is 0 Å². The minimum atomic E-state index is 0.656. The molecule has 0 amide bonds. The molecule has 0 spiro atoms. The first-order valence-corrected chi connectivity index (χ1v) is 43.4. The highest BCUT2D eigenvalue weighted by Crippen LogP contribution is 2.74. The van der Waals surface area contributed by atoms with E-state index in [9.17, 15) is 0 Å². The van der Waals surface area contributed by atoms with Crippen LogP contribution in [0, 0.1) is 254 Å². The third-order valence-electron chi connectivity index (χ3n) is 37.2. The Morgan fingerprint density at radius 3 is 1.08 bits per heavy atom. The molecule has 0 aromatic rings. The molecule has 0 N–H and O–H groups in total. The van der Waals surface area contributed by atoms with Crippen LogP contribution >= 0.6 is 0 Å². The fourth-order valence-corrected chi connectivity index (χ4v) is 35.1. The molecule has 6 nitrogen and oxygen atoms in total. The molecule has 18 saturated carbocycles. The number of aliphatic imine (C=N–C) groups is 6. The van der Waals surface area contributed by atoms with Crippen LogP contribution in [0.1, 0.15) is 172 Å². The normalized spacial score (nSPS) is 58.4. The maximum atomic E-state index is 4.85. The van der Waals surface area contributed by atoms with E-state index in [1.165, 1.54) is 103 Å². The summed E-state index contributed by atoms with van der Waals surface area (Å²) in [4.78, 5) is 28.0. The summed E-state index contributed by atoms with van der Waals surface area (Å²) in [6, 6.07) is 2.02. The molecule has 46 atom stereocenters. The van der Waals surface area contributed by atoms with Crippen molar-refractivity contribution in [3.8, 4) is 0 Å². The standard InChI is InChI=1S/C17H25N.2C16H23N.2C15H21N.C14H19N/c1-3-12-13-8-14(15(12)9-18-4-2)17-11-6-5-10(7-11)16(13)17;1-3-17-8-14-9(2)12-7-13(14)16-11-5-4-10(6-11)15(12)16;1-3-11-12-8-13(16(11)17-4-2)15-10-6-5-9(7-10)14(12)15;1-3-16-15-8(2)11-7-12(15)14-10-5-4-9(6-10)13(11)14;1-2-16-8-12-6-11-7-13(12)15-10-4-3-9(5-10)14(11)15;1-2-15-12-7-10-6-11(12)14-9-4-3-8(5-9)13(10)14/h4-6,10-17H,3,7-9H2,1-2H3;3-5,9-16H,6-8H2,1-2H3;4-6,9-16H,3,7-8H2,1-2H3;3-5,8-15H,6-7H2,1-2H3;2-4,9-15H,5-8H2,1H3;2-4,8-14H,5-7H2,1H3. The van der Waals surface area contributed by atoms with E-state index in [1.807, 2.05) is 31.1 Å². The highest BCUT2D eigenvalue weighted by atomic mass is 14.9. The Bertz CT molecular complexity index is 3350. The first-order valence-electron chi connectivity index (χ1n) is 43.4. The Kier molecular flexibility index (Phi) is 17.5. The maximum Gasteiger partial charge on any atom is 0.0557 e. The third-order valence-corrected chi connectivity index (χ3v) is 37.2. The SMILES string of the molecule is CC=NC1C(C)C2CC1C1C3C=CC(C3)C21.CC=NC1C(CC)C2CC1C1C3C=CC(C3)C21.CC=NC1CC2CC1C1C3C=CC(C3)C21.CC=NCC1C(C)C2CC1C1C3C=CC(C3)C21.CC=NCC1C(CC)C2CC1C1C3C=CC(C3)C21.CC=NCC1CC2CC1C1C3C=CC(C3)C21. The molecule has 0 saturated heterocycles. The van der Waals surface area contributed by atoms with Crippen LogP contribution in [0.15, 0.2) is 103 Å². The Hall–Kier alpha value is -3.54. The smallest absolute Gasteiger partial charge is 0.0557 e. The first-order chi connectivity index (χ1) is 48.6. The van der Waals surface area contributed by atoms with E-state index >= 15 is 0 Å². The third kappa shape index (κ3) is 10.1. The lowest BCUT2D eigenvalue weighted by Gasteiger charge is -2.41. The molecule has 24 rings (SSSR count). The van der Waals surface area contributed by atoms with Crippen LogP contribution in [0.5, 0.6) is 0 Å². The molecule has 0 aliphatic heterocycles. The number of fused-ring (bicyclic) bond motifs is 54. The first kappa shape index (κ1) is 66.2. The average molecular weight is 1330 g/mol. The highest BCUT2D eigenvalue weighted by Gasteiger charge is 2.69. The van der Waals surface area contributed by atoms with Crippen LogP contribution in [0.3, 0.4) is 0 Å². The predicted molar refractivity (Wildman–Crippen MR) is 412 cm³/mol. The van der Waals surface area contributed by atoms with Gasteiger partial charge in [0.15, 0.2) is 0 Å². The molecule has 24 aliphatic rings. The van der Waals surface area contributed by atoms with E-state index in [4.69, 9.17) is 15.0 Å². The van der Waals surface area contributed by atoms with E-state index in [1.54, 1.807) is 0 Å². The summed E-state index contributed by atoms with van der Waals surface area (Å²) in [7, 11) is 0. The number of allylic oxidation sites excluding steroid dienone is 12. The van der Waals surface area contributed by atoms with E-state index in [0.717, 1.165) is 274 Å². The maximum absolute atomic E-state index is 4.85. The second-order valence-corrected chi connectivity index (χ2v) is 39.3. The van der Waals surface area contributed by atoms with Crippen molar-refractivity contribution in [2.24, 2.45) is 284 Å². The quantitative estimate of drug-likeness (QED) is 0.112. The zero-order valence-corrected chi connectivity index (χ0v) is 63.1. The lowest BCUT2D eigenvalue weighted by atomic mass is 9.64. The molecular formula is C93H132N6. The number of rotatable bonds is 11. The van der Waals surface area contributed by atoms with Crippen molar-refractivity contribution >= 4 is 37.3 Å². The van der Waals surface area contributed by atoms with E-state index in [0.29, 0.717) is 18.1 Å². The van der Waals surface area contributed by atoms with Crippen LogP contribution < -0.4 is 0 Å². The van der Waals surface area contributed by atoms with Gasteiger partial charge >= 0.3 is 0 Å². The molecular weight excluding hydrogens is 1200 g/mol. The zero-order valence-electron chi connectivity index (χ0n) is 63.1. The molecule has 0 aromatic heterocycles. The number of hydrogen-bond acceptors (Lipinski definition) is 6. The lowest BCUT2D eigenvalue weighted by molar-refractivity contribution is 0.0900. The van der Waals surface area contributed by atoms with Crippen molar-refractivity contribution < 1.29 is 0 Å². The fraction of sp³-hybridized carbons (Fsp3) is 0.806. The van der Waals surface area contributed by atoms with Crippen molar-refractivity contribution in [3.05, 3.63) is 72.9 Å². The summed E-state index contributed by atoms with van der Waals surface area (Å²) < 4.78 is 0. The van der Waals surface area contributed by atoms with Gasteiger partial charge in [-0.1, -0.05) is 113 Å². The molecule has 6 heteroatoms. The fourth-order valence-electron chi connectivity index (χ4n) is 35.1. The molecule has 99 heavy (non-hydrogen) atoms. The van der Waals surface area contributed by atoms with Crippen LogP contribution in [-0.2, 0) is 0 Å². The molecule has 46 unspecified atom stereocenters.